The lowest BCUT2D eigenvalue weighted by atomic mass is 10.2. The van der Waals surface area contributed by atoms with Crippen LogP contribution in [0.1, 0.15) is 22.4 Å². The van der Waals surface area contributed by atoms with E-state index in [0.29, 0.717) is 18.1 Å². The van der Waals surface area contributed by atoms with Gasteiger partial charge in [0.15, 0.2) is 16.7 Å². The number of esters is 1. The highest BCUT2D eigenvalue weighted by molar-refractivity contribution is 7.98. The van der Waals surface area contributed by atoms with Gasteiger partial charge in [0.2, 0.25) is 0 Å². The van der Waals surface area contributed by atoms with Gasteiger partial charge >= 0.3 is 5.97 Å². The maximum absolute atomic E-state index is 11.9. The number of hydrogen-bond acceptors (Lipinski definition) is 8. The SMILES string of the molecule is CCOC(=O)c1csc(CSc2nnc(-c3ccc(OC)cc3)n2-c2ccccc2)n1. The minimum absolute atomic E-state index is 0.328. The number of thiazole rings is 1. The van der Waals surface area contributed by atoms with Gasteiger partial charge in [-0.2, -0.15) is 0 Å². The summed E-state index contributed by atoms with van der Waals surface area (Å²) in [7, 11) is 1.64. The zero-order valence-corrected chi connectivity index (χ0v) is 18.7. The van der Waals surface area contributed by atoms with Crippen LogP contribution in [0.5, 0.6) is 5.75 Å². The molecule has 0 saturated carbocycles. The third-order valence-corrected chi connectivity index (χ3v) is 6.33. The van der Waals surface area contributed by atoms with E-state index in [0.717, 1.165) is 33.0 Å². The molecule has 31 heavy (non-hydrogen) atoms. The van der Waals surface area contributed by atoms with E-state index in [1.54, 1.807) is 19.4 Å². The second-order valence-electron chi connectivity index (χ2n) is 6.34. The fraction of sp³-hybridized carbons (Fsp3) is 0.182. The molecule has 7 nitrogen and oxygen atoms in total. The normalized spacial score (nSPS) is 10.8. The fourth-order valence-corrected chi connectivity index (χ4v) is 4.64. The molecule has 0 fully saturated rings. The van der Waals surface area contributed by atoms with E-state index in [1.165, 1.54) is 23.1 Å². The summed E-state index contributed by atoms with van der Waals surface area (Å²) in [6.07, 6.45) is 0. The summed E-state index contributed by atoms with van der Waals surface area (Å²) in [4.78, 5) is 16.2. The predicted molar refractivity (Wildman–Crippen MR) is 121 cm³/mol. The number of carbonyl (C=O) groups is 1. The van der Waals surface area contributed by atoms with Crippen molar-refractivity contribution in [2.75, 3.05) is 13.7 Å². The van der Waals surface area contributed by atoms with Crippen molar-refractivity contribution in [3.05, 3.63) is 70.7 Å². The first-order valence-corrected chi connectivity index (χ1v) is 11.5. The maximum atomic E-state index is 11.9. The van der Waals surface area contributed by atoms with E-state index in [4.69, 9.17) is 9.47 Å². The number of methoxy groups -OCH3 is 1. The molecule has 0 aliphatic heterocycles. The van der Waals surface area contributed by atoms with Crippen molar-refractivity contribution >= 4 is 29.1 Å². The zero-order valence-electron chi connectivity index (χ0n) is 17.0. The number of nitrogens with zero attached hydrogens (tertiary/aromatic N) is 4. The Balaban J connectivity index is 1.62. The number of thioether (sulfide) groups is 1. The van der Waals surface area contributed by atoms with Crippen LogP contribution in [0.15, 0.2) is 65.1 Å². The van der Waals surface area contributed by atoms with Gasteiger partial charge in [-0.15, -0.1) is 21.5 Å². The molecule has 9 heteroatoms. The van der Waals surface area contributed by atoms with Gasteiger partial charge in [0.1, 0.15) is 10.8 Å². The number of carbonyl (C=O) groups excluding carboxylic acids is 1. The molecule has 2 aromatic carbocycles. The Labute approximate surface area is 188 Å². The van der Waals surface area contributed by atoms with E-state index < -0.39 is 5.97 Å². The van der Waals surface area contributed by atoms with Crippen molar-refractivity contribution in [2.45, 2.75) is 17.8 Å². The van der Waals surface area contributed by atoms with Gasteiger partial charge in [-0.1, -0.05) is 30.0 Å². The Hall–Kier alpha value is -3.17. The molecule has 0 unspecified atom stereocenters. The molecule has 2 heterocycles. The number of ether oxygens (including phenoxy) is 2. The molecule has 0 aliphatic carbocycles. The van der Waals surface area contributed by atoms with Gasteiger partial charge in [0, 0.05) is 16.6 Å². The molecule has 4 aromatic rings. The van der Waals surface area contributed by atoms with Gasteiger partial charge in [-0.25, -0.2) is 9.78 Å². The summed E-state index contributed by atoms with van der Waals surface area (Å²) in [5, 5.41) is 12.2. The van der Waals surface area contributed by atoms with Gasteiger partial charge in [0.05, 0.1) is 19.5 Å². The largest absolute Gasteiger partial charge is 0.497 e. The van der Waals surface area contributed by atoms with Crippen molar-refractivity contribution in [1.82, 2.24) is 19.7 Å². The zero-order chi connectivity index (χ0) is 21.6. The Morgan fingerprint density at radius 1 is 1.10 bits per heavy atom. The summed E-state index contributed by atoms with van der Waals surface area (Å²) in [6, 6.07) is 17.7. The van der Waals surface area contributed by atoms with Crippen LogP contribution < -0.4 is 4.74 Å². The first-order valence-electron chi connectivity index (χ1n) is 9.59. The number of aromatic nitrogens is 4. The summed E-state index contributed by atoms with van der Waals surface area (Å²) in [5.74, 6) is 1.69. The topological polar surface area (TPSA) is 79.1 Å². The van der Waals surface area contributed by atoms with Crippen molar-refractivity contribution in [2.24, 2.45) is 0 Å². The highest BCUT2D eigenvalue weighted by Gasteiger charge is 2.18. The molecule has 0 spiro atoms. The number of rotatable bonds is 8. The second-order valence-corrected chi connectivity index (χ2v) is 8.23. The van der Waals surface area contributed by atoms with Crippen LogP contribution in [0.4, 0.5) is 0 Å². The van der Waals surface area contributed by atoms with Crippen LogP contribution in [0.25, 0.3) is 17.1 Å². The lowest BCUT2D eigenvalue weighted by Crippen LogP contribution is -2.05. The van der Waals surface area contributed by atoms with Crippen LogP contribution in [-0.2, 0) is 10.5 Å². The molecule has 0 N–H and O–H groups in total. The summed E-state index contributed by atoms with van der Waals surface area (Å²) < 4.78 is 12.3. The molecule has 0 atom stereocenters. The van der Waals surface area contributed by atoms with Crippen molar-refractivity contribution in [1.29, 1.82) is 0 Å². The molecule has 158 valence electrons. The number of hydrogen-bond donors (Lipinski definition) is 0. The molecule has 0 radical (unpaired) electrons. The number of para-hydroxylation sites is 1. The smallest absolute Gasteiger partial charge is 0.357 e. The number of benzene rings is 2. The predicted octanol–water partition coefficient (Wildman–Crippen LogP) is 4.87. The van der Waals surface area contributed by atoms with Gasteiger partial charge in [0.25, 0.3) is 0 Å². The molecule has 4 rings (SSSR count). The second kappa shape index (κ2) is 9.76. The average Bonchev–Trinajstić information content (AvgIpc) is 3.46. The minimum atomic E-state index is -0.399. The fourth-order valence-electron chi connectivity index (χ4n) is 2.90. The molecule has 0 bridgehead atoms. The first kappa shape index (κ1) is 21.1. The molecular formula is C22H20N4O3S2. The lowest BCUT2D eigenvalue weighted by Gasteiger charge is -2.10. The monoisotopic (exact) mass is 452 g/mol. The van der Waals surface area contributed by atoms with Crippen LogP contribution in [0.2, 0.25) is 0 Å². The van der Waals surface area contributed by atoms with Crippen LogP contribution in [0.3, 0.4) is 0 Å². The Morgan fingerprint density at radius 2 is 1.87 bits per heavy atom. The van der Waals surface area contributed by atoms with Crippen molar-refractivity contribution in [3.8, 4) is 22.8 Å². The van der Waals surface area contributed by atoms with Crippen LogP contribution in [0, 0.1) is 0 Å². The summed E-state index contributed by atoms with van der Waals surface area (Å²) in [6.45, 7) is 2.10. The highest BCUT2D eigenvalue weighted by atomic mass is 32.2. The minimum Gasteiger partial charge on any atom is -0.497 e. The molecule has 2 aromatic heterocycles. The van der Waals surface area contributed by atoms with E-state index in [1.807, 2.05) is 59.2 Å². The third-order valence-electron chi connectivity index (χ3n) is 4.36. The molecular weight excluding hydrogens is 432 g/mol. The van der Waals surface area contributed by atoms with E-state index in [9.17, 15) is 4.79 Å². The molecule has 0 aliphatic rings. The Bertz CT molecular complexity index is 1160. The summed E-state index contributed by atoms with van der Waals surface area (Å²) >= 11 is 2.94. The average molecular weight is 453 g/mol. The summed E-state index contributed by atoms with van der Waals surface area (Å²) in [5.41, 5.74) is 2.24. The molecule has 0 saturated heterocycles. The first-order chi connectivity index (χ1) is 15.2. The highest BCUT2D eigenvalue weighted by Crippen LogP contribution is 2.31. The van der Waals surface area contributed by atoms with E-state index in [-0.39, 0.29) is 0 Å². The van der Waals surface area contributed by atoms with Gasteiger partial charge < -0.3 is 9.47 Å². The van der Waals surface area contributed by atoms with E-state index >= 15 is 0 Å². The molecule has 0 amide bonds. The maximum Gasteiger partial charge on any atom is 0.357 e. The lowest BCUT2D eigenvalue weighted by molar-refractivity contribution is 0.0520. The third kappa shape index (κ3) is 4.78. The van der Waals surface area contributed by atoms with Crippen molar-refractivity contribution in [3.63, 3.8) is 0 Å². The van der Waals surface area contributed by atoms with Crippen LogP contribution >= 0.6 is 23.1 Å². The van der Waals surface area contributed by atoms with Crippen LogP contribution in [-0.4, -0.2) is 39.4 Å². The Kier molecular flexibility index (Phi) is 6.63. The van der Waals surface area contributed by atoms with Gasteiger partial charge in [-0.3, -0.25) is 4.57 Å². The standard InChI is InChI=1S/C22H20N4O3S2/c1-3-29-21(27)18-13-30-19(23-18)14-31-22-25-24-20(15-9-11-17(28-2)12-10-15)26(22)16-7-5-4-6-8-16/h4-13H,3,14H2,1-2H3. The van der Waals surface area contributed by atoms with Crippen molar-refractivity contribution < 1.29 is 14.3 Å². The quantitative estimate of drug-likeness (QED) is 0.279. The Morgan fingerprint density at radius 3 is 2.58 bits per heavy atom. The van der Waals surface area contributed by atoms with E-state index in [2.05, 4.69) is 15.2 Å². The van der Waals surface area contributed by atoms with Gasteiger partial charge in [-0.05, 0) is 43.3 Å².